The summed E-state index contributed by atoms with van der Waals surface area (Å²) in [4.78, 5) is 18.9. The molecule has 4 aromatic rings. The highest BCUT2D eigenvalue weighted by atomic mass is 79.9. The molecule has 0 bridgehead atoms. The molecule has 0 aliphatic rings. The Hall–Kier alpha value is -2.53. The molecular weight excluding hydrogens is 368 g/mol. The van der Waals surface area contributed by atoms with Gasteiger partial charge in [-0.15, -0.1) is 0 Å². The van der Waals surface area contributed by atoms with Crippen LogP contribution in [0.15, 0.2) is 53.1 Å². The minimum absolute atomic E-state index is 0.237. The van der Waals surface area contributed by atoms with Crippen molar-refractivity contribution in [3.63, 3.8) is 0 Å². The van der Waals surface area contributed by atoms with Crippen molar-refractivity contribution < 1.29 is 9.53 Å². The van der Waals surface area contributed by atoms with Gasteiger partial charge in [-0.05, 0) is 35.0 Å². The average molecular weight is 383 g/mol. The zero-order valence-electron chi connectivity index (χ0n) is 13.0. The number of ether oxygens (including phenoxy) is 1. The highest BCUT2D eigenvalue weighted by Crippen LogP contribution is 2.29. The zero-order chi connectivity index (χ0) is 16.7. The molecular formula is C19H15BrN2O2. The molecule has 0 radical (unpaired) electrons. The molecule has 2 heterocycles. The van der Waals surface area contributed by atoms with Crippen molar-refractivity contribution in [3.8, 4) is 0 Å². The molecule has 0 unspecified atom stereocenters. The van der Waals surface area contributed by atoms with Crippen LogP contribution < -0.4 is 0 Å². The summed E-state index contributed by atoms with van der Waals surface area (Å²) in [6, 6.07) is 13.7. The Morgan fingerprint density at radius 2 is 1.92 bits per heavy atom. The van der Waals surface area contributed by atoms with E-state index in [-0.39, 0.29) is 12.6 Å². The molecule has 24 heavy (non-hydrogen) atoms. The van der Waals surface area contributed by atoms with Gasteiger partial charge in [-0.2, -0.15) is 0 Å². The normalized spacial score (nSPS) is 11.2. The third-order valence-electron chi connectivity index (χ3n) is 4.26. The smallest absolute Gasteiger partial charge is 0.340 e. The van der Waals surface area contributed by atoms with Crippen LogP contribution >= 0.6 is 15.9 Å². The van der Waals surface area contributed by atoms with Crippen LogP contribution in [0, 0.1) is 6.92 Å². The summed E-state index contributed by atoms with van der Waals surface area (Å²) in [5.41, 5.74) is 4.51. The number of esters is 1. The van der Waals surface area contributed by atoms with E-state index in [4.69, 9.17) is 4.74 Å². The van der Waals surface area contributed by atoms with Crippen molar-refractivity contribution in [3.05, 3.63) is 70.0 Å². The van der Waals surface area contributed by atoms with E-state index < -0.39 is 0 Å². The Morgan fingerprint density at radius 3 is 2.79 bits per heavy atom. The van der Waals surface area contributed by atoms with E-state index >= 15 is 0 Å². The van der Waals surface area contributed by atoms with E-state index in [1.807, 2.05) is 49.4 Å². The molecule has 0 saturated heterocycles. The van der Waals surface area contributed by atoms with Gasteiger partial charge in [-0.3, -0.25) is 0 Å². The number of hydrogen-bond donors (Lipinski definition) is 2. The predicted octanol–water partition coefficient (Wildman–Crippen LogP) is 5.08. The Kier molecular flexibility index (Phi) is 3.65. The van der Waals surface area contributed by atoms with Gasteiger partial charge in [0.15, 0.2) is 0 Å². The van der Waals surface area contributed by atoms with Crippen molar-refractivity contribution in [1.29, 1.82) is 0 Å². The minimum atomic E-state index is -0.323. The second kappa shape index (κ2) is 5.83. The maximum Gasteiger partial charge on any atom is 0.340 e. The lowest BCUT2D eigenvalue weighted by Crippen LogP contribution is -2.05. The van der Waals surface area contributed by atoms with Crippen LogP contribution in [0.3, 0.4) is 0 Å². The first-order chi connectivity index (χ1) is 11.6. The number of hydrogen-bond acceptors (Lipinski definition) is 2. The molecule has 2 aromatic carbocycles. The molecule has 0 amide bonds. The highest BCUT2D eigenvalue weighted by molar-refractivity contribution is 9.10. The Bertz CT molecular complexity index is 1060. The van der Waals surface area contributed by atoms with Gasteiger partial charge in [0.2, 0.25) is 0 Å². The van der Waals surface area contributed by atoms with Gasteiger partial charge in [0, 0.05) is 38.2 Å². The van der Waals surface area contributed by atoms with E-state index in [0.29, 0.717) is 5.56 Å². The number of aryl methyl sites for hydroxylation is 1. The minimum Gasteiger partial charge on any atom is -0.457 e. The lowest BCUT2D eigenvalue weighted by Gasteiger charge is -2.05. The SMILES string of the molecule is Cc1[nH]c2c(Br)cccc2c1COC(=O)c1c[nH]c2ccccc12. The standard InChI is InChI=1S/C19H15BrN2O2/c1-11-15(13-6-4-7-16(20)18(13)22-11)10-24-19(23)14-9-21-17-8-3-2-5-12(14)17/h2-9,21-22H,10H2,1H3. The van der Waals surface area contributed by atoms with Gasteiger partial charge in [0.25, 0.3) is 0 Å². The third kappa shape index (κ3) is 2.41. The molecule has 2 aromatic heterocycles. The first kappa shape index (κ1) is 15.0. The van der Waals surface area contributed by atoms with Gasteiger partial charge < -0.3 is 14.7 Å². The summed E-state index contributed by atoms with van der Waals surface area (Å²) in [5, 5.41) is 1.94. The van der Waals surface area contributed by atoms with Crippen molar-refractivity contribution in [2.45, 2.75) is 13.5 Å². The lowest BCUT2D eigenvalue weighted by atomic mass is 10.1. The molecule has 0 aliphatic carbocycles. The van der Waals surface area contributed by atoms with Crippen LogP contribution in [0.2, 0.25) is 0 Å². The van der Waals surface area contributed by atoms with Crippen LogP contribution in [0.1, 0.15) is 21.6 Å². The summed E-state index contributed by atoms with van der Waals surface area (Å²) in [6.07, 6.45) is 1.70. The number of H-pyrrole nitrogens is 2. The topological polar surface area (TPSA) is 57.9 Å². The van der Waals surface area contributed by atoms with Crippen LogP contribution in [0.4, 0.5) is 0 Å². The number of fused-ring (bicyclic) bond motifs is 2. The molecule has 5 heteroatoms. The van der Waals surface area contributed by atoms with Gasteiger partial charge in [0.05, 0.1) is 11.1 Å². The third-order valence-corrected chi connectivity index (χ3v) is 4.92. The van der Waals surface area contributed by atoms with Crippen molar-refractivity contribution in [2.24, 2.45) is 0 Å². The lowest BCUT2D eigenvalue weighted by molar-refractivity contribution is 0.0476. The number of carbonyl (C=O) groups excluding carboxylic acids is 1. The molecule has 0 aliphatic heterocycles. The second-order valence-electron chi connectivity index (χ2n) is 5.72. The van der Waals surface area contributed by atoms with E-state index in [2.05, 4.69) is 25.9 Å². The van der Waals surface area contributed by atoms with Crippen LogP contribution in [-0.4, -0.2) is 15.9 Å². The Morgan fingerprint density at radius 1 is 1.12 bits per heavy atom. The summed E-state index contributed by atoms with van der Waals surface area (Å²) >= 11 is 3.54. The molecule has 0 saturated carbocycles. The maximum atomic E-state index is 12.5. The number of benzene rings is 2. The van der Waals surface area contributed by atoms with E-state index in [1.54, 1.807) is 6.20 Å². The summed E-state index contributed by atoms with van der Waals surface area (Å²) in [7, 11) is 0. The van der Waals surface area contributed by atoms with Crippen molar-refractivity contribution in [1.82, 2.24) is 9.97 Å². The van der Waals surface area contributed by atoms with E-state index in [1.165, 1.54) is 0 Å². The number of carbonyl (C=O) groups is 1. The second-order valence-corrected chi connectivity index (χ2v) is 6.57. The van der Waals surface area contributed by atoms with Gasteiger partial charge in [-0.25, -0.2) is 4.79 Å². The fourth-order valence-electron chi connectivity index (χ4n) is 3.01. The van der Waals surface area contributed by atoms with Gasteiger partial charge in [-0.1, -0.05) is 30.3 Å². The molecule has 4 rings (SSSR count). The quantitative estimate of drug-likeness (QED) is 0.485. The Labute approximate surface area is 147 Å². The van der Waals surface area contributed by atoms with Gasteiger partial charge in [0.1, 0.15) is 6.61 Å². The van der Waals surface area contributed by atoms with Crippen LogP contribution in [0.25, 0.3) is 21.8 Å². The molecule has 0 fully saturated rings. The monoisotopic (exact) mass is 382 g/mol. The van der Waals surface area contributed by atoms with Gasteiger partial charge >= 0.3 is 5.97 Å². The van der Waals surface area contributed by atoms with Crippen molar-refractivity contribution in [2.75, 3.05) is 0 Å². The number of para-hydroxylation sites is 2. The highest BCUT2D eigenvalue weighted by Gasteiger charge is 2.16. The number of aromatic amines is 2. The maximum absolute atomic E-state index is 12.5. The van der Waals surface area contributed by atoms with Crippen LogP contribution in [-0.2, 0) is 11.3 Å². The fourth-order valence-corrected chi connectivity index (χ4v) is 3.47. The van der Waals surface area contributed by atoms with Crippen molar-refractivity contribution >= 4 is 43.7 Å². The van der Waals surface area contributed by atoms with E-state index in [0.717, 1.165) is 37.5 Å². The first-order valence-electron chi connectivity index (χ1n) is 7.64. The molecule has 120 valence electrons. The largest absolute Gasteiger partial charge is 0.457 e. The van der Waals surface area contributed by atoms with E-state index in [9.17, 15) is 4.79 Å². The molecule has 2 N–H and O–H groups in total. The zero-order valence-corrected chi connectivity index (χ0v) is 14.6. The van der Waals surface area contributed by atoms with Crippen LogP contribution in [0.5, 0.6) is 0 Å². The molecule has 4 nitrogen and oxygen atoms in total. The predicted molar refractivity (Wildman–Crippen MR) is 98.2 cm³/mol. The first-order valence-corrected chi connectivity index (χ1v) is 8.43. The summed E-state index contributed by atoms with van der Waals surface area (Å²) in [6.45, 7) is 2.22. The average Bonchev–Trinajstić information content (AvgIpc) is 3.15. The number of halogens is 1. The fraction of sp³-hybridized carbons (Fsp3) is 0.105. The number of aromatic nitrogens is 2. The summed E-state index contributed by atoms with van der Waals surface area (Å²) < 4.78 is 6.57. The number of nitrogens with one attached hydrogen (secondary N) is 2. The number of rotatable bonds is 3. The molecule has 0 spiro atoms. The molecule has 0 atom stereocenters. The Balaban J connectivity index is 1.62. The summed E-state index contributed by atoms with van der Waals surface area (Å²) in [5.74, 6) is -0.323.